The monoisotopic (exact) mass is 366 g/mol. The number of benzene rings is 2. The van der Waals surface area contributed by atoms with Gasteiger partial charge in [0.2, 0.25) is 5.91 Å². The fourth-order valence-corrected chi connectivity index (χ4v) is 3.06. The van der Waals surface area contributed by atoms with Gasteiger partial charge in [-0.1, -0.05) is 30.3 Å². The predicted octanol–water partition coefficient (Wildman–Crippen LogP) is 2.40. The summed E-state index contributed by atoms with van der Waals surface area (Å²) in [6.45, 7) is 3.95. The maximum Gasteiger partial charge on any atom is 0.339 e. The highest BCUT2D eigenvalue weighted by molar-refractivity contribution is 5.99. The molecule has 140 valence electrons. The van der Waals surface area contributed by atoms with Crippen molar-refractivity contribution in [2.24, 2.45) is 0 Å². The number of rotatable bonds is 5. The fourth-order valence-electron chi connectivity index (χ4n) is 3.06. The zero-order valence-electron chi connectivity index (χ0n) is 15.3. The van der Waals surface area contributed by atoms with Crippen LogP contribution in [0, 0.1) is 0 Å². The molecule has 2 unspecified atom stereocenters. The molecule has 6 nitrogen and oxygen atoms in total. The van der Waals surface area contributed by atoms with Gasteiger partial charge in [0.05, 0.1) is 5.56 Å². The van der Waals surface area contributed by atoms with Gasteiger partial charge in [0.1, 0.15) is 12.1 Å². The lowest BCUT2D eigenvalue weighted by atomic mass is 9.93. The van der Waals surface area contributed by atoms with Gasteiger partial charge >= 0.3 is 5.97 Å². The van der Waals surface area contributed by atoms with Crippen molar-refractivity contribution in [1.82, 2.24) is 10.6 Å². The van der Waals surface area contributed by atoms with Crippen LogP contribution < -0.4 is 10.6 Å². The molecule has 0 aliphatic carbocycles. The molecule has 3 rings (SSSR count). The van der Waals surface area contributed by atoms with Gasteiger partial charge in [0.15, 0.2) is 0 Å². The number of esters is 1. The molecule has 0 aromatic heterocycles. The maximum absolute atomic E-state index is 12.5. The van der Waals surface area contributed by atoms with Gasteiger partial charge in [-0.05, 0) is 43.2 Å². The molecule has 0 saturated heterocycles. The number of fused-ring (bicyclic) bond motifs is 1. The average Bonchev–Trinajstić information content (AvgIpc) is 2.68. The van der Waals surface area contributed by atoms with Crippen molar-refractivity contribution in [2.45, 2.75) is 32.4 Å². The van der Waals surface area contributed by atoms with Crippen LogP contribution >= 0.6 is 0 Å². The third-order valence-electron chi connectivity index (χ3n) is 4.51. The van der Waals surface area contributed by atoms with Crippen LogP contribution in [0.2, 0.25) is 0 Å². The molecule has 2 N–H and O–H groups in total. The van der Waals surface area contributed by atoms with Crippen molar-refractivity contribution >= 4 is 17.8 Å². The molecule has 2 amide bonds. The molecule has 6 heteroatoms. The van der Waals surface area contributed by atoms with Crippen molar-refractivity contribution in [3.63, 3.8) is 0 Å². The number of likely N-dealkylation sites (N-methyl/N-ethyl adjacent to an activating group) is 1. The molecule has 1 aliphatic heterocycles. The Hall–Kier alpha value is -3.15. The molecule has 0 spiro atoms. The smallest absolute Gasteiger partial charge is 0.339 e. The minimum absolute atomic E-state index is 0.239. The highest BCUT2D eigenvalue weighted by atomic mass is 16.5. The summed E-state index contributed by atoms with van der Waals surface area (Å²) in [6, 6.07) is 13.7. The summed E-state index contributed by atoms with van der Waals surface area (Å²) in [5, 5.41) is 5.34. The molecule has 0 radical (unpaired) electrons. The van der Waals surface area contributed by atoms with Crippen LogP contribution in [-0.2, 0) is 16.0 Å². The van der Waals surface area contributed by atoms with Crippen molar-refractivity contribution in [3.8, 4) is 0 Å². The highest BCUT2D eigenvalue weighted by Crippen LogP contribution is 2.31. The number of amides is 2. The molecule has 1 aliphatic rings. The predicted molar refractivity (Wildman–Crippen MR) is 100 cm³/mol. The van der Waals surface area contributed by atoms with E-state index >= 15 is 0 Å². The summed E-state index contributed by atoms with van der Waals surface area (Å²) in [6.07, 6.45) is 0.122. The van der Waals surface area contributed by atoms with E-state index in [4.69, 9.17) is 4.74 Å². The molecular formula is C21H22N2O4. The summed E-state index contributed by atoms with van der Waals surface area (Å²) in [4.78, 5) is 36.6. The number of nitrogens with one attached hydrogen (secondary N) is 2. The lowest BCUT2D eigenvalue weighted by molar-refractivity contribution is -0.122. The average molecular weight is 366 g/mol. The molecule has 2 atom stereocenters. The van der Waals surface area contributed by atoms with E-state index in [1.165, 1.54) is 0 Å². The Balaban J connectivity index is 1.79. The van der Waals surface area contributed by atoms with Crippen LogP contribution in [0.1, 0.15) is 51.8 Å². The molecule has 2 aromatic carbocycles. The first-order valence-electron chi connectivity index (χ1n) is 8.97. The summed E-state index contributed by atoms with van der Waals surface area (Å²) in [7, 11) is 0. The quantitative estimate of drug-likeness (QED) is 0.796. The number of hydrogen-bond acceptors (Lipinski definition) is 4. The van der Waals surface area contributed by atoms with Gasteiger partial charge in [-0.25, -0.2) is 4.79 Å². The van der Waals surface area contributed by atoms with E-state index in [9.17, 15) is 14.4 Å². The molecule has 1 heterocycles. The lowest BCUT2D eigenvalue weighted by Gasteiger charge is -2.25. The second kappa shape index (κ2) is 8.03. The van der Waals surface area contributed by atoms with Crippen molar-refractivity contribution in [1.29, 1.82) is 0 Å². The van der Waals surface area contributed by atoms with E-state index in [2.05, 4.69) is 10.6 Å². The number of cyclic esters (lactones) is 1. The first-order valence-corrected chi connectivity index (χ1v) is 8.97. The zero-order valence-corrected chi connectivity index (χ0v) is 15.3. The standard InChI is InChI=1S/C21H22N2O4/c1-3-22-19(24)13(2)23-20(25)15-9-10-17-16(11-15)12-18(27-21(17)26)14-7-5-4-6-8-14/h4-11,13,18H,3,12H2,1-2H3,(H,22,24)(H,23,25). The van der Waals surface area contributed by atoms with Crippen LogP contribution in [0.15, 0.2) is 48.5 Å². The number of ether oxygens (including phenoxy) is 1. The maximum atomic E-state index is 12.5. The highest BCUT2D eigenvalue weighted by Gasteiger charge is 2.28. The number of carbonyl (C=O) groups excluding carboxylic acids is 3. The Morgan fingerprint density at radius 2 is 1.93 bits per heavy atom. The largest absolute Gasteiger partial charge is 0.454 e. The topological polar surface area (TPSA) is 84.5 Å². The van der Waals surface area contributed by atoms with Crippen molar-refractivity contribution in [2.75, 3.05) is 6.54 Å². The fraction of sp³-hybridized carbons (Fsp3) is 0.286. The second-order valence-corrected chi connectivity index (χ2v) is 6.47. The van der Waals surface area contributed by atoms with Crippen LogP contribution in [0.5, 0.6) is 0 Å². The van der Waals surface area contributed by atoms with E-state index in [0.717, 1.165) is 11.1 Å². The summed E-state index contributed by atoms with van der Waals surface area (Å²) in [5.41, 5.74) is 2.55. The SMILES string of the molecule is CCNC(=O)C(C)NC(=O)c1ccc2c(c1)CC(c1ccccc1)OC2=O. The Morgan fingerprint density at radius 3 is 2.63 bits per heavy atom. The van der Waals surface area contributed by atoms with E-state index in [1.807, 2.05) is 37.3 Å². The van der Waals surface area contributed by atoms with Gasteiger partial charge in [0.25, 0.3) is 5.91 Å². The molecular weight excluding hydrogens is 344 g/mol. The van der Waals surface area contributed by atoms with Gasteiger partial charge in [0, 0.05) is 18.5 Å². The zero-order chi connectivity index (χ0) is 19.4. The third kappa shape index (κ3) is 4.16. The second-order valence-electron chi connectivity index (χ2n) is 6.47. The van der Waals surface area contributed by atoms with Gasteiger partial charge in [-0.3, -0.25) is 9.59 Å². The molecule has 0 fully saturated rings. The van der Waals surface area contributed by atoms with Crippen LogP contribution in [0.4, 0.5) is 0 Å². The van der Waals surface area contributed by atoms with Crippen LogP contribution in [0.3, 0.4) is 0 Å². The molecule has 0 saturated carbocycles. The minimum Gasteiger partial charge on any atom is -0.454 e. The van der Waals surface area contributed by atoms with E-state index < -0.39 is 12.0 Å². The number of hydrogen-bond donors (Lipinski definition) is 2. The first kappa shape index (κ1) is 18.6. The molecule has 27 heavy (non-hydrogen) atoms. The normalized spacial score (nSPS) is 16.7. The van der Waals surface area contributed by atoms with Crippen molar-refractivity contribution < 1.29 is 19.1 Å². The molecule has 0 bridgehead atoms. The van der Waals surface area contributed by atoms with Gasteiger partial charge in [-0.2, -0.15) is 0 Å². The summed E-state index contributed by atoms with van der Waals surface area (Å²) in [5.74, 6) is -0.990. The Morgan fingerprint density at radius 1 is 1.19 bits per heavy atom. The molecule has 2 aromatic rings. The minimum atomic E-state index is -0.643. The first-order chi connectivity index (χ1) is 13.0. The van der Waals surface area contributed by atoms with E-state index in [-0.39, 0.29) is 17.9 Å². The summed E-state index contributed by atoms with van der Waals surface area (Å²) < 4.78 is 5.53. The summed E-state index contributed by atoms with van der Waals surface area (Å²) >= 11 is 0. The van der Waals surface area contributed by atoms with Crippen molar-refractivity contribution in [3.05, 3.63) is 70.8 Å². The Bertz CT molecular complexity index is 864. The third-order valence-corrected chi connectivity index (χ3v) is 4.51. The van der Waals surface area contributed by atoms with E-state index in [0.29, 0.717) is 24.1 Å². The van der Waals surface area contributed by atoms with Gasteiger partial charge < -0.3 is 15.4 Å². The van der Waals surface area contributed by atoms with Crippen LogP contribution in [-0.4, -0.2) is 30.4 Å². The Labute approximate surface area is 157 Å². The number of carbonyl (C=O) groups is 3. The Kier molecular flexibility index (Phi) is 5.54. The lowest BCUT2D eigenvalue weighted by Crippen LogP contribution is -2.44. The van der Waals surface area contributed by atoms with Gasteiger partial charge in [-0.15, -0.1) is 0 Å². The van der Waals surface area contributed by atoms with Crippen LogP contribution in [0.25, 0.3) is 0 Å². The van der Waals surface area contributed by atoms with E-state index in [1.54, 1.807) is 25.1 Å².